The van der Waals surface area contributed by atoms with Crippen molar-refractivity contribution in [2.24, 2.45) is 0 Å². The van der Waals surface area contributed by atoms with Crippen molar-refractivity contribution in [1.29, 1.82) is 0 Å². The minimum atomic E-state index is 0.638. The lowest BCUT2D eigenvalue weighted by Crippen LogP contribution is -2.02. The van der Waals surface area contributed by atoms with Gasteiger partial charge in [-0.25, -0.2) is 9.97 Å². The van der Waals surface area contributed by atoms with Gasteiger partial charge >= 0.3 is 0 Å². The van der Waals surface area contributed by atoms with Gasteiger partial charge in [-0.1, -0.05) is 31.9 Å². The summed E-state index contributed by atoms with van der Waals surface area (Å²) in [4.78, 5) is 8.19. The zero-order chi connectivity index (χ0) is 11.4. The maximum atomic E-state index is 4.09. The second-order valence-electron chi connectivity index (χ2n) is 3.20. The van der Waals surface area contributed by atoms with Gasteiger partial charge in [-0.2, -0.15) is 0 Å². The molecule has 3 nitrogen and oxygen atoms in total. The van der Waals surface area contributed by atoms with Crippen LogP contribution < -0.4 is 5.32 Å². The lowest BCUT2D eigenvalue weighted by molar-refractivity contribution is 1.05. The monoisotopic (exact) mass is 341 g/mol. The maximum absolute atomic E-state index is 4.09. The first-order chi connectivity index (χ1) is 7.74. The molecule has 0 aliphatic heterocycles. The van der Waals surface area contributed by atoms with E-state index in [0.29, 0.717) is 12.5 Å². The van der Waals surface area contributed by atoms with E-state index in [1.54, 1.807) is 18.5 Å². The van der Waals surface area contributed by atoms with Crippen molar-refractivity contribution in [2.75, 3.05) is 5.32 Å². The number of anilines is 1. The molecule has 2 aromatic rings. The first-order valence-corrected chi connectivity index (χ1v) is 6.28. The first-order valence-electron chi connectivity index (χ1n) is 4.70. The van der Waals surface area contributed by atoms with Gasteiger partial charge in [-0.3, -0.25) is 0 Å². The molecule has 5 heteroatoms. The van der Waals surface area contributed by atoms with E-state index in [1.165, 1.54) is 0 Å². The van der Waals surface area contributed by atoms with Gasteiger partial charge in [0.05, 0.1) is 0 Å². The Hall–Kier alpha value is -0.940. The Morgan fingerprint density at radius 3 is 2.25 bits per heavy atom. The number of hydrogen-bond acceptors (Lipinski definition) is 3. The van der Waals surface area contributed by atoms with Crippen LogP contribution >= 0.6 is 31.9 Å². The second kappa shape index (κ2) is 5.41. The molecule has 0 aliphatic rings. The zero-order valence-corrected chi connectivity index (χ0v) is 11.5. The Morgan fingerprint density at radius 1 is 1.00 bits per heavy atom. The standard InChI is InChI=1S/C11H9Br2N3/c12-9-4-8(5-10(13)6-9)7-16-11-14-2-1-3-15-11/h1-6H,7H2,(H,14,15,16). The van der Waals surface area contributed by atoms with Gasteiger partial charge in [0.15, 0.2) is 0 Å². The molecule has 82 valence electrons. The second-order valence-corrected chi connectivity index (χ2v) is 5.03. The van der Waals surface area contributed by atoms with Crippen LogP contribution in [0.3, 0.4) is 0 Å². The highest BCUT2D eigenvalue weighted by Crippen LogP contribution is 2.20. The van der Waals surface area contributed by atoms with E-state index in [0.717, 1.165) is 14.5 Å². The number of nitrogens with zero attached hydrogens (tertiary/aromatic N) is 2. The van der Waals surface area contributed by atoms with Crippen LogP contribution in [0.25, 0.3) is 0 Å². The highest BCUT2D eigenvalue weighted by Gasteiger charge is 1.98. The average molecular weight is 343 g/mol. The molecule has 1 N–H and O–H groups in total. The molecule has 0 amide bonds. The smallest absolute Gasteiger partial charge is 0.222 e. The first kappa shape index (κ1) is 11.5. The zero-order valence-electron chi connectivity index (χ0n) is 8.32. The SMILES string of the molecule is Brc1cc(Br)cc(CNc2ncccn2)c1. The van der Waals surface area contributed by atoms with Gasteiger partial charge in [-0.05, 0) is 29.8 Å². The van der Waals surface area contributed by atoms with E-state index in [1.807, 2.05) is 6.07 Å². The summed E-state index contributed by atoms with van der Waals surface area (Å²) in [6.45, 7) is 0.696. The molecule has 0 saturated carbocycles. The largest absolute Gasteiger partial charge is 0.350 e. The summed E-state index contributed by atoms with van der Waals surface area (Å²) in [5, 5.41) is 3.15. The lowest BCUT2D eigenvalue weighted by Gasteiger charge is -2.05. The molecule has 0 aliphatic carbocycles. The third-order valence-electron chi connectivity index (χ3n) is 1.94. The van der Waals surface area contributed by atoms with E-state index in [9.17, 15) is 0 Å². The van der Waals surface area contributed by atoms with Crippen molar-refractivity contribution < 1.29 is 0 Å². The third-order valence-corrected chi connectivity index (χ3v) is 2.85. The molecule has 0 spiro atoms. The fourth-order valence-electron chi connectivity index (χ4n) is 1.28. The fourth-order valence-corrected chi connectivity index (χ4v) is 2.67. The fraction of sp³-hybridized carbons (Fsp3) is 0.0909. The number of nitrogens with one attached hydrogen (secondary N) is 1. The topological polar surface area (TPSA) is 37.8 Å². The highest BCUT2D eigenvalue weighted by atomic mass is 79.9. The number of benzene rings is 1. The predicted molar refractivity (Wildman–Crippen MR) is 71.2 cm³/mol. The van der Waals surface area contributed by atoms with Crippen LogP contribution in [0, 0.1) is 0 Å². The van der Waals surface area contributed by atoms with Gasteiger partial charge in [0, 0.05) is 27.9 Å². The molecular formula is C11H9Br2N3. The van der Waals surface area contributed by atoms with Crippen LogP contribution in [0.15, 0.2) is 45.6 Å². The Morgan fingerprint density at radius 2 is 1.62 bits per heavy atom. The van der Waals surface area contributed by atoms with Crippen molar-refractivity contribution in [1.82, 2.24) is 9.97 Å². The summed E-state index contributed by atoms with van der Waals surface area (Å²) in [5.41, 5.74) is 1.16. The molecular weight excluding hydrogens is 334 g/mol. The number of rotatable bonds is 3. The number of halogens is 2. The van der Waals surface area contributed by atoms with Crippen LogP contribution in [-0.4, -0.2) is 9.97 Å². The highest BCUT2D eigenvalue weighted by molar-refractivity contribution is 9.11. The normalized spacial score (nSPS) is 10.1. The third kappa shape index (κ3) is 3.28. The summed E-state index contributed by atoms with van der Waals surface area (Å²) >= 11 is 6.90. The van der Waals surface area contributed by atoms with Crippen LogP contribution in [0.4, 0.5) is 5.95 Å². The van der Waals surface area contributed by atoms with Crippen molar-refractivity contribution in [3.8, 4) is 0 Å². The summed E-state index contributed by atoms with van der Waals surface area (Å²) < 4.78 is 2.10. The Labute approximate surface area is 111 Å². The van der Waals surface area contributed by atoms with Crippen LogP contribution in [0.5, 0.6) is 0 Å². The Balaban J connectivity index is 2.05. The van der Waals surface area contributed by atoms with Crippen molar-refractivity contribution >= 4 is 37.8 Å². The van der Waals surface area contributed by atoms with Gasteiger partial charge in [-0.15, -0.1) is 0 Å². The van der Waals surface area contributed by atoms with Gasteiger partial charge in [0.1, 0.15) is 0 Å². The van der Waals surface area contributed by atoms with E-state index < -0.39 is 0 Å². The molecule has 0 saturated heterocycles. The maximum Gasteiger partial charge on any atom is 0.222 e. The van der Waals surface area contributed by atoms with E-state index in [4.69, 9.17) is 0 Å². The average Bonchev–Trinajstić information content (AvgIpc) is 2.27. The summed E-state index contributed by atoms with van der Waals surface area (Å²) in [5.74, 6) is 0.638. The van der Waals surface area contributed by atoms with Crippen LogP contribution in [0.2, 0.25) is 0 Å². The Kier molecular flexibility index (Phi) is 3.90. The van der Waals surface area contributed by atoms with Gasteiger partial charge in [0.25, 0.3) is 0 Å². The number of hydrogen-bond donors (Lipinski definition) is 1. The Bertz CT molecular complexity index is 454. The minimum Gasteiger partial charge on any atom is -0.350 e. The molecule has 2 rings (SSSR count). The molecule has 0 unspecified atom stereocenters. The summed E-state index contributed by atoms with van der Waals surface area (Å²) in [6, 6.07) is 7.91. The van der Waals surface area contributed by atoms with E-state index >= 15 is 0 Å². The molecule has 0 atom stereocenters. The van der Waals surface area contributed by atoms with E-state index in [-0.39, 0.29) is 0 Å². The molecule has 1 aromatic carbocycles. The molecule has 16 heavy (non-hydrogen) atoms. The summed E-state index contributed by atoms with van der Waals surface area (Å²) in [7, 11) is 0. The minimum absolute atomic E-state index is 0.638. The molecule has 0 bridgehead atoms. The van der Waals surface area contributed by atoms with Crippen molar-refractivity contribution in [2.45, 2.75) is 6.54 Å². The van der Waals surface area contributed by atoms with Crippen LogP contribution in [0.1, 0.15) is 5.56 Å². The van der Waals surface area contributed by atoms with Crippen molar-refractivity contribution in [3.05, 3.63) is 51.2 Å². The van der Waals surface area contributed by atoms with Crippen molar-refractivity contribution in [3.63, 3.8) is 0 Å². The molecule has 0 fully saturated rings. The molecule has 1 aromatic heterocycles. The molecule has 1 heterocycles. The molecule has 0 radical (unpaired) electrons. The predicted octanol–water partition coefficient (Wildman–Crippen LogP) is 3.61. The quantitative estimate of drug-likeness (QED) is 0.925. The van der Waals surface area contributed by atoms with Gasteiger partial charge in [0.2, 0.25) is 5.95 Å². The summed E-state index contributed by atoms with van der Waals surface area (Å²) in [6.07, 6.45) is 3.43. The van der Waals surface area contributed by atoms with Gasteiger partial charge < -0.3 is 5.32 Å². The number of aromatic nitrogens is 2. The lowest BCUT2D eigenvalue weighted by atomic mass is 10.2. The van der Waals surface area contributed by atoms with E-state index in [2.05, 4.69) is 59.3 Å². The van der Waals surface area contributed by atoms with Crippen LogP contribution in [-0.2, 0) is 6.54 Å².